The van der Waals surface area contributed by atoms with Crippen LogP contribution in [0, 0.1) is 5.92 Å². The van der Waals surface area contributed by atoms with Gasteiger partial charge in [-0.05, 0) is 83.0 Å². The molecule has 0 heterocycles. The van der Waals surface area contributed by atoms with Crippen LogP contribution in [0.3, 0.4) is 0 Å². The minimum absolute atomic E-state index is 0.000213. The van der Waals surface area contributed by atoms with E-state index >= 15 is 0 Å². The molecule has 3 rings (SSSR count). The normalized spacial score (nSPS) is 14.4. The average molecular weight is 578 g/mol. The summed E-state index contributed by atoms with van der Waals surface area (Å²) in [5.41, 5.74) is 3.67. The molecule has 0 radical (unpaired) electrons. The van der Waals surface area contributed by atoms with E-state index in [0.717, 1.165) is 17.7 Å². The van der Waals surface area contributed by atoms with Gasteiger partial charge in [0.15, 0.2) is 0 Å². The highest BCUT2D eigenvalue weighted by molar-refractivity contribution is 5.75. The molecule has 0 fully saturated rings. The van der Waals surface area contributed by atoms with Gasteiger partial charge in [0, 0.05) is 11.6 Å². The first-order valence-corrected chi connectivity index (χ1v) is 12.3. The van der Waals surface area contributed by atoms with Crippen molar-refractivity contribution in [2.24, 2.45) is 11.7 Å². The topological polar surface area (TPSA) is 35.2 Å². The maximum Gasteiger partial charge on any atom is 0.416 e. The minimum Gasteiger partial charge on any atom is -0.496 e. The third-order valence-corrected chi connectivity index (χ3v) is 6.76. The van der Waals surface area contributed by atoms with Gasteiger partial charge >= 0.3 is 18.5 Å². The number of rotatable bonds is 7. The minimum atomic E-state index is -5.06. The first-order chi connectivity index (χ1) is 18.3. The van der Waals surface area contributed by atoms with Gasteiger partial charge in [0.25, 0.3) is 0 Å². The van der Waals surface area contributed by atoms with Crippen LogP contribution in [0.15, 0.2) is 54.6 Å². The van der Waals surface area contributed by atoms with Crippen LogP contribution in [-0.4, -0.2) is 7.11 Å². The second kappa shape index (κ2) is 11.3. The summed E-state index contributed by atoms with van der Waals surface area (Å²) in [7, 11) is 1.40. The predicted molar refractivity (Wildman–Crippen MR) is 134 cm³/mol. The zero-order valence-corrected chi connectivity index (χ0v) is 22.0. The Labute approximate surface area is 226 Å². The number of hydrogen-bond acceptors (Lipinski definition) is 2. The molecule has 0 aliphatic rings. The quantitative estimate of drug-likeness (QED) is 0.284. The Balaban J connectivity index is 2.13. The molecule has 2 nitrogen and oxygen atoms in total. The zero-order valence-electron chi connectivity index (χ0n) is 22.0. The first kappa shape index (κ1) is 31.3. The second-order valence-electron chi connectivity index (χ2n) is 10.0. The Bertz CT molecular complexity index is 1310. The van der Waals surface area contributed by atoms with Crippen LogP contribution in [0.5, 0.6) is 5.75 Å². The lowest BCUT2D eigenvalue weighted by Gasteiger charge is -2.25. The maximum atomic E-state index is 13.6. The van der Waals surface area contributed by atoms with Crippen molar-refractivity contribution in [2.45, 2.75) is 57.7 Å². The Hall–Kier alpha value is -3.21. The average Bonchev–Trinajstić information content (AvgIpc) is 2.85. The molecule has 0 unspecified atom stereocenters. The number of benzene rings is 3. The Morgan fingerprint density at radius 1 is 0.650 bits per heavy atom. The van der Waals surface area contributed by atoms with E-state index in [4.69, 9.17) is 10.5 Å². The van der Waals surface area contributed by atoms with Crippen molar-refractivity contribution < 1.29 is 44.3 Å². The molecule has 0 saturated carbocycles. The lowest BCUT2D eigenvalue weighted by atomic mass is 9.84. The van der Waals surface area contributed by atoms with Crippen LogP contribution in [0.4, 0.5) is 39.5 Å². The van der Waals surface area contributed by atoms with E-state index in [1.54, 1.807) is 12.1 Å². The van der Waals surface area contributed by atoms with E-state index < -0.39 is 52.7 Å². The molecule has 0 aromatic heterocycles. The fraction of sp³-hybridized carbons (Fsp3) is 0.379. The smallest absolute Gasteiger partial charge is 0.416 e. The van der Waals surface area contributed by atoms with Crippen molar-refractivity contribution in [1.29, 1.82) is 0 Å². The molecular formula is C29H28F9NO. The standard InChI is InChI=1S/C29H28F9NO/c1-15(2)17-5-8-25(40-4)24(13-17)23-7-6-20(27(30,31)32)10-18(23)9-16(3)26(39)19-11-21(28(33,34)35)14-22(12-19)29(36,37)38/h5-8,10-16,26H,9,39H2,1-4H3/t16-,26+/m0/s1. The van der Waals surface area contributed by atoms with E-state index in [2.05, 4.69) is 0 Å². The Morgan fingerprint density at radius 3 is 1.68 bits per heavy atom. The summed E-state index contributed by atoms with van der Waals surface area (Å²) in [6.07, 6.45) is -15.0. The molecule has 218 valence electrons. The van der Waals surface area contributed by atoms with Crippen molar-refractivity contribution in [3.05, 3.63) is 88.0 Å². The Morgan fingerprint density at radius 2 is 1.20 bits per heavy atom. The summed E-state index contributed by atoms with van der Waals surface area (Å²) >= 11 is 0. The molecule has 40 heavy (non-hydrogen) atoms. The highest BCUT2D eigenvalue weighted by atomic mass is 19.4. The highest BCUT2D eigenvalue weighted by Crippen LogP contribution is 2.41. The molecule has 3 aromatic rings. The summed E-state index contributed by atoms with van der Waals surface area (Å²) in [6.45, 7) is 5.33. The number of ether oxygens (including phenoxy) is 1. The van der Waals surface area contributed by atoms with Gasteiger partial charge in [0.2, 0.25) is 0 Å². The molecule has 3 aromatic carbocycles. The number of nitrogens with two attached hydrogens (primary N) is 1. The van der Waals surface area contributed by atoms with Gasteiger partial charge in [-0.25, -0.2) is 0 Å². The first-order valence-electron chi connectivity index (χ1n) is 12.3. The molecule has 2 N–H and O–H groups in total. The number of hydrogen-bond donors (Lipinski definition) is 1. The van der Waals surface area contributed by atoms with Gasteiger partial charge < -0.3 is 10.5 Å². The Kier molecular flexibility index (Phi) is 8.88. The molecule has 11 heteroatoms. The van der Waals surface area contributed by atoms with E-state index in [9.17, 15) is 39.5 Å². The van der Waals surface area contributed by atoms with Crippen LogP contribution >= 0.6 is 0 Å². The summed E-state index contributed by atoms with van der Waals surface area (Å²) in [5, 5.41) is 0. The summed E-state index contributed by atoms with van der Waals surface area (Å²) in [4.78, 5) is 0. The van der Waals surface area contributed by atoms with E-state index in [-0.39, 0.29) is 24.0 Å². The summed E-state index contributed by atoms with van der Waals surface area (Å²) < 4.78 is 127. The SMILES string of the molecule is COc1ccc(C(C)C)cc1-c1ccc(C(F)(F)F)cc1C[C@H](C)[C@@H](N)c1cc(C(F)(F)F)cc(C(F)(F)F)c1. The summed E-state index contributed by atoms with van der Waals surface area (Å²) in [6, 6.07) is 8.13. The predicted octanol–water partition coefficient (Wildman–Crippen LogP) is 9.42. The van der Waals surface area contributed by atoms with Gasteiger partial charge in [0.1, 0.15) is 5.75 Å². The van der Waals surface area contributed by atoms with E-state index in [1.165, 1.54) is 20.1 Å². The largest absolute Gasteiger partial charge is 0.496 e. The molecule has 0 aliphatic heterocycles. The lowest BCUT2D eigenvalue weighted by Crippen LogP contribution is -2.23. The zero-order chi connectivity index (χ0) is 30.2. The molecule has 0 bridgehead atoms. The third-order valence-electron chi connectivity index (χ3n) is 6.76. The molecule has 2 atom stereocenters. The van der Waals surface area contributed by atoms with Crippen molar-refractivity contribution in [1.82, 2.24) is 0 Å². The molecule has 0 amide bonds. The summed E-state index contributed by atoms with van der Waals surface area (Å²) in [5.74, 6) is -0.389. The van der Waals surface area contributed by atoms with Crippen LogP contribution in [0.1, 0.15) is 66.1 Å². The molecular weight excluding hydrogens is 549 g/mol. The maximum absolute atomic E-state index is 13.6. The third kappa shape index (κ3) is 7.10. The van der Waals surface area contributed by atoms with Crippen LogP contribution in [-0.2, 0) is 24.9 Å². The van der Waals surface area contributed by atoms with Crippen molar-refractivity contribution in [2.75, 3.05) is 7.11 Å². The second-order valence-corrected chi connectivity index (χ2v) is 10.0. The van der Waals surface area contributed by atoms with Crippen LogP contribution in [0.2, 0.25) is 0 Å². The van der Waals surface area contributed by atoms with Gasteiger partial charge in [-0.1, -0.05) is 32.9 Å². The highest BCUT2D eigenvalue weighted by Gasteiger charge is 2.38. The number of methoxy groups -OCH3 is 1. The molecule has 0 aliphatic carbocycles. The monoisotopic (exact) mass is 577 g/mol. The van der Waals surface area contributed by atoms with Crippen molar-refractivity contribution in [3.63, 3.8) is 0 Å². The fourth-order valence-corrected chi connectivity index (χ4v) is 4.47. The van der Waals surface area contributed by atoms with Crippen LogP contribution < -0.4 is 10.5 Å². The van der Waals surface area contributed by atoms with Gasteiger partial charge in [-0.3, -0.25) is 0 Å². The van der Waals surface area contributed by atoms with Crippen LogP contribution in [0.25, 0.3) is 11.1 Å². The molecule has 0 spiro atoms. The van der Waals surface area contributed by atoms with E-state index in [1.807, 2.05) is 19.9 Å². The molecule has 0 saturated heterocycles. The lowest BCUT2D eigenvalue weighted by molar-refractivity contribution is -0.143. The number of alkyl halides is 9. The van der Waals surface area contributed by atoms with Gasteiger partial charge in [0.05, 0.1) is 23.8 Å². The fourth-order valence-electron chi connectivity index (χ4n) is 4.47. The van der Waals surface area contributed by atoms with Crippen molar-refractivity contribution >= 4 is 0 Å². The number of halogens is 9. The van der Waals surface area contributed by atoms with E-state index in [0.29, 0.717) is 29.0 Å². The van der Waals surface area contributed by atoms with Gasteiger partial charge in [-0.2, -0.15) is 39.5 Å². The van der Waals surface area contributed by atoms with Gasteiger partial charge in [-0.15, -0.1) is 0 Å². The van der Waals surface area contributed by atoms with Crippen molar-refractivity contribution in [3.8, 4) is 16.9 Å².